The van der Waals surface area contributed by atoms with Gasteiger partial charge in [-0.15, -0.1) is 0 Å². The molecule has 2 heterocycles. The van der Waals surface area contributed by atoms with Gasteiger partial charge in [0.25, 0.3) is 0 Å². The summed E-state index contributed by atoms with van der Waals surface area (Å²) in [4.78, 5) is 4.15. The van der Waals surface area contributed by atoms with Gasteiger partial charge in [0.05, 0.1) is 12.3 Å². The Morgan fingerprint density at radius 3 is 3.12 bits per heavy atom. The van der Waals surface area contributed by atoms with Crippen molar-refractivity contribution in [1.29, 1.82) is 0 Å². The van der Waals surface area contributed by atoms with Crippen LogP contribution in [0.15, 0.2) is 27.3 Å². The van der Waals surface area contributed by atoms with E-state index in [1.54, 1.807) is 25.5 Å². The molecule has 0 amide bonds. The Hall–Kier alpha value is -1.66. The third-order valence-electron chi connectivity index (χ3n) is 2.13. The first kappa shape index (κ1) is 10.8. The van der Waals surface area contributed by atoms with Crippen molar-refractivity contribution in [3.8, 4) is 11.6 Å². The van der Waals surface area contributed by atoms with Gasteiger partial charge in [0.15, 0.2) is 5.76 Å². The van der Waals surface area contributed by atoms with Gasteiger partial charge in [0, 0.05) is 13.7 Å². The second-order valence-electron chi connectivity index (χ2n) is 3.32. The van der Waals surface area contributed by atoms with Gasteiger partial charge in [-0.2, -0.15) is 4.98 Å². The van der Waals surface area contributed by atoms with Gasteiger partial charge >= 0.3 is 0 Å². The zero-order valence-electron chi connectivity index (χ0n) is 8.92. The molecular weight excluding hydrogens is 210 g/mol. The minimum Gasteiger partial charge on any atom is -0.461 e. The molecule has 0 aliphatic rings. The van der Waals surface area contributed by atoms with Crippen LogP contribution >= 0.6 is 0 Å². The monoisotopic (exact) mass is 223 g/mol. The number of aromatic nitrogens is 2. The summed E-state index contributed by atoms with van der Waals surface area (Å²) in [6, 6.07) is 3.21. The summed E-state index contributed by atoms with van der Waals surface area (Å²) >= 11 is 0. The van der Waals surface area contributed by atoms with Crippen molar-refractivity contribution in [1.82, 2.24) is 10.1 Å². The molecule has 0 aromatic carbocycles. The number of nitrogens with zero attached hydrogens (tertiary/aromatic N) is 2. The Labute approximate surface area is 92.4 Å². The standard InChI is InChI=1S/C10H13N3O3/c1-14-6-4-7(11)10-12-9(13-16-10)8-3-2-5-15-8/h2-3,5,7H,4,6,11H2,1H3. The highest BCUT2D eigenvalue weighted by molar-refractivity contribution is 5.44. The molecule has 0 spiro atoms. The first-order chi connectivity index (χ1) is 7.81. The summed E-state index contributed by atoms with van der Waals surface area (Å²) < 4.78 is 15.1. The van der Waals surface area contributed by atoms with Gasteiger partial charge in [-0.05, 0) is 18.6 Å². The van der Waals surface area contributed by atoms with E-state index in [0.717, 1.165) is 0 Å². The topological polar surface area (TPSA) is 87.3 Å². The molecule has 2 aromatic rings. The van der Waals surface area contributed by atoms with Crippen molar-refractivity contribution in [2.75, 3.05) is 13.7 Å². The number of rotatable bonds is 5. The summed E-state index contributed by atoms with van der Waals surface area (Å²) in [6.45, 7) is 0.555. The molecule has 2 N–H and O–H groups in total. The molecule has 0 fully saturated rings. The molecule has 1 unspecified atom stereocenters. The van der Waals surface area contributed by atoms with E-state index in [4.69, 9.17) is 19.4 Å². The number of hydrogen-bond acceptors (Lipinski definition) is 6. The van der Waals surface area contributed by atoms with Crippen LogP contribution < -0.4 is 5.73 Å². The molecule has 0 bridgehead atoms. The lowest BCUT2D eigenvalue weighted by atomic mass is 10.2. The normalized spacial score (nSPS) is 12.9. The predicted molar refractivity (Wildman–Crippen MR) is 55.4 cm³/mol. The third-order valence-corrected chi connectivity index (χ3v) is 2.13. The number of nitrogens with two attached hydrogens (primary N) is 1. The quantitative estimate of drug-likeness (QED) is 0.823. The molecule has 86 valence electrons. The predicted octanol–water partition coefficient (Wildman–Crippen LogP) is 1.37. The average molecular weight is 223 g/mol. The number of hydrogen-bond donors (Lipinski definition) is 1. The van der Waals surface area contributed by atoms with Crippen LogP contribution in [0.5, 0.6) is 0 Å². The first-order valence-corrected chi connectivity index (χ1v) is 4.93. The maximum absolute atomic E-state index is 5.84. The van der Waals surface area contributed by atoms with Crippen molar-refractivity contribution in [3.63, 3.8) is 0 Å². The lowest BCUT2D eigenvalue weighted by Gasteiger charge is -2.03. The summed E-state index contributed by atoms with van der Waals surface area (Å²) in [5, 5.41) is 3.79. The molecular formula is C10H13N3O3. The van der Waals surface area contributed by atoms with Crippen LogP contribution in [0.4, 0.5) is 0 Å². The second-order valence-corrected chi connectivity index (χ2v) is 3.32. The van der Waals surface area contributed by atoms with E-state index >= 15 is 0 Å². The lowest BCUT2D eigenvalue weighted by Crippen LogP contribution is -2.12. The van der Waals surface area contributed by atoms with E-state index in [9.17, 15) is 0 Å². The van der Waals surface area contributed by atoms with E-state index in [1.165, 1.54) is 0 Å². The van der Waals surface area contributed by atoms with Crippen LogP contribution in [0.2, 0.25) is 0 Å². The van der Waals surface area contributed by atoms with E-state index in [2.05, 4.69) is 10.1 Å². The van der Waals surface area contributed by atoms with Crippen LogP contribution in [-0.2, 0) is 4.74 Å². The average Bonchev–Trinajstić information content (AvgIpc) is 2.94. The molecule has 2 rings (SSSR count). The van der Waals surface area contributed by atoms with E-state index < -0.39 is 0 Å². The molecule has 2 aromatic heterocycles. The van der Waals surface area contributed by atoms with Gasteiger partial charge in [-0.25, -0.2) is 0 Å². The molecule has 0 radical (unpaired) electrons. The maximum Gasteiger partial charge on any atom is 0.244 e. The molecule has 0 aliphatic heterocycles. The zero-order chi connectivity index (χ0) is 11.4. The van der Waals surface area contributed by atoms with Crippen LogP contribution in [-0.4, -0.2) is 23.9 Å². The Morgan fingerprint density at radius 1 is 1.56 bits per heavy atom. The molecule has 6 heteroatoms. The van der Waals surface area contributed by atoms with Crippen molar-refractivity contribution >= 4 is 0 Å². The number of methoxy groups -OCH3 is 1. The second kappa shape index (κ2) is 4.91. The fourth-order valence-corrected chi connectivity index (χ4v) is 1.26. The Kier molecular flexibility index (Phi) is 3.33. The highest BCUT2D eigenvalue weighted by Crippen LogP contribution is 2.19. The summed E-state index contributed by atoms with van der Waals surface area (Å²) in [5.74, 6) is 1.37. The molecule has 0 aliphatic carbocycles. The van der Waals surface area contributed by atoms with Crippen LogP contribution in [0.25, 0.3) is 11.6 Å². The van der Waals surface area contributed by atoms with Gasteiger partial charge < -0.3 is 19.4 Å². The minimum atomic E-state index is -0.309. The smallest absolute Gasteiger partial charge is 0.244 e. The summed E-state index contributed by atoms with van der Waals surface area (Å²) in [5.41, 5.74) is 5.84. The molecule has 0 saturated carbocycles. The number of ether oxygens (including phenoxy) is 1. The SMILES string of the molecule is COCCC(N)c1nc(-c2ccco2)no1. The molecule has 1 atom stereocenters. The Morgan fingerprint density at radius 2 is 2.44 bits per heavy atom. The lowest BCUT2D eigenvalue weighted by molar-refractivity contribution is 0.182. The van der Waals surface area contributed by atoms with Gasteiger partial charge in [-0.1, -0.05) is 5.16 Å². The fourth-order valence-electron chi connectivity index (χ4n) is 1.26. The molecule has 0 saturated heterocycles. The fraction of sp³-hybridized carbons (Fsp3) is 0.400. The van der Waals surface area contributed by atoms with Crippen LogP contribution in [0.3, 0.4) is 0 Å². The maximum atomic E-state index is 5.84. The largest absolute Gasteiger partial charge is 0.461 e. The molecule has 6 nitrogen and oxygen atoms in total. The van der Waals surface area contributed by atoms with E-state index in [-0.39, 0.29) is 6.04 Å². The van der Waals surface area contributed by atoms with E-state index in [0.29, 0.717) is 30.5 Å². The Balaban J connectivity index is 2.07. The van der Waals surface area contributed by atoms with E-state index in [1.807, 2.05) is 0 Å². The van der Waals surface area contributed by atoms with Crippen molar-refractivity contribution in [3.05, 3.63) is 24.3 Å². The first-order valence-electron chi connectivity index (χ1n) is 4.93. The van der Waals surface area contributed by atoms with Crippen molar-refractivity contribution in [2.45, 2.75) is 12.5 Å². The number of furan rings is 1. The van der Waals surface area contributed by atoms with Crippen molar-refractivity contribution < 1.29 is 13.7 Å². The molecule has 16 heavy (non-hydrogen) atoms. The third kappa shape index (κ3) is 2.29. The zero-order valence-corrected chi connectivity index (χ0v) is 8.92. The summed E-state index contributed by atoms with van der Waals surface area (Å²) in [6.07, 6.45) is 2.19. The van der Waals surface area contributed by atoms with Crippen molar-refractivity contribution in [2.24, 2.45) is 5.73 Å². The van der Waals surface area contributed by atoms with Gasteiger partial charge in [0.2, 0.25) is 11.7 Å². The van der Waals surface area contributed by atoms with Gasteiger partial charge in [-0.3, -0.25) is 0 Å². The van der Waals surface area contributed by atoms with Crippen LogP contribution in [0.1, 0.15) is 18.4 Å². The van der Waals surface area contributed by atoms with Gasteiger partial charge in [0.1, 0.15) is 0 Å². The highest BCUT2D eigenvalue weighted by atomic mass is 16.5. The summed E-state index contributed by atoms with van der Waals surface area (Å²) in [7, 11) is 1.62. The highest BCUT2D eigenvalue weighted by Gasteiger charge is 2.16. The Bertz CT molecular complexity index is 424. The minimum absolute atomic E-state index is 0.309. The van der Waals surface area contributed by atoms with Crippen LogP contribution in [0, 0.1) is 0 Å².